The van der Waals surface area contributed by atoms with Gasteiger partial charge in [0.15, 0.2) is 0 Å². The Hall–Kier alpha value is -2.96. The van der Waals surface area contributed by atoms with Gasteiger partial charge in [-0.3, -0.25) is 9.59 Å². The number of aryl methyl sites for hydroxylation is 3. The largest absolute Gasteiger partial charge is 0.480 e. The van der Waals surface area contributed by atoms with Crippen LogP contribution in [0.1, 0.15) is 16.8 Å². The zero-order chi connectivity index (χ0) is 16.7. The van der Waals surface area contributed by atoms with Crippen LogP contribution < -0.4 is 5.56 Å². The number of carboxylic acids is 1. The van der Waals surface area contributed by atoms with Gasteiger partial charge < -0.3 is 5.11 Å². The maximum atomic E-state index is 12.6. The Balaban J connectivity index is 2.33. The van der Waals surface area contributed by atoms with Crippen LogP contribution in [0.25, 0.3) is 16.6 Å². The van der Waals surface area contributed by atoms with Gasteiger partial charge in [-0.05, 0) is 32.4 Å². The van der Waals surface area contributed by atoms with E-state index in [2.05, 4.69) is 10.2 Å². The van der Waals surface area contributed by atoms with Gasteiger partial charge in [0, 0.05) is 5.39 Å². The van der Waals surface area contributed by atoms with Crippen LogP contribution in [0.15, 0.2) is 29.2 Å². The molecule has 0 radical (unpaired) electrons. The van der Waals surface area contributed by atoms with Gasteiger partial charge in [0.2, 0.25) is 0 Å². The summed E-state index contributed by atoms with van der Waals surface area (Å²) in [5.74, 6) is -1.11. The van der Waals surface area contributed by atoms with Crippen molar-refractivity contribution < 1.29 is 9.90 Å². The molecule has 0 unspecified atom stereocenters. The van der Waals surface area contributed by atoms with E-state index < -0.39 is 18.1 Å². The highest BCUT2D eigenvalue weighted by atomic mass is 16.4. The number of aromatic nitrogens is 4. The molecule has 118 valence electrons. The lowest BCUT2D eigenvalue weighted by atomic mass is 10.1. The van der Waals surface area contributed by atoms with Crippen LogP contribution in [-0.4, -0.2) is 30.6 Å². The van der Waals surface area contributed by atoms with Crippen molar-refractivity contribution in [1.82, 2.24) is 19.6 Å². The molecule has 23 heavy (non-hydrogen) atoms. The third-order valence-corrected chi connectivity index (χ3v) is 3.73. The molecule has 0 saturated heterocycles. The zero-order valence-corrected chi connectivity index (χ0v) is 13.1. The van der Waals surface area contributed by atoms with Gasteiger partial charge >= 0.3 is 5.97 Å². The van der Waals surface area contributed by atoms with E-state index >= 15 is 0 Å². The smallest absolute Gasteiger partial charge is 0.325 e. The first-order valence-electron chi connectivity index (χ1n) is 7.13. The summed E-state index contributed by atoms with van der Waals surface area (Å²) < 4.78 is 2.52. The second kappa shape index (κ2) is 5.35. The van der Waals surface area contributed by atoms with Gasteiger partial charge in [-0.25, -0.2) is 9.36 Å². The molecule has 1 N–H and O–H groups in total. The molecule has 2 aromatic heterocycles. The molecule has 0 aliphatic carbocycles. The minimum absolute atomic E-state index is 0.339. The molecule has 3 aromatic rings. The predicted octanol–water partition coefficient (Wildman–Crippen LogP) is 1.59. The van der Waals surface area contributed by atoms with Crippen LogP contribution in [0.4, 0.5) is 0 Å². The molecule has 0 amide bonds. The normalized spacial score (nSPS) is 11.1. The molecule has 1 aromatic carbocycles. The lowest BCUT2D eigenvalue weighted by molar-refractivity contribution is -0.138. The number of rotatable bonds is 3. The third-order valence-electron chi connectivity index (χ3n) is 3.73. The van der Waals surface area contributed by atoms with Crippen molar-refractivity contribution in [1.29, 1.82) is 0 Å². The van der Waals surface area contributed by atoms with E-state index in [1.165, 1.54) is 0 Å². The van der Waals surface area contributed by atoms with Gasteiger partial charge in [0.05, 0.1) is 17.6 Å². The summed E-state index contributed by atoms with van der Waals surface area (Å²) in [6.07, 6.45) is 1.59. The molecule has 7 heteroatoms. The standard InChI is InChI=1S/C16H16N4O3/c1-9-4-5-13(10(2)6-9)20-15-12(7-17-20)11(3)18-19(16(15)23)8-14(21)22/h4-7H,8H2,1-3H3,(H,21,22). The fourth-order valence-electron chi connectivity index (χ4n) is 2.68. The number of fused-ring (bicyclic) bond motifs is 1. The first-order chi connectivity index (χ1) is 10.9. The van der Waals surface area contributed by atoms with Gasteiger partial charge in [0.25, 0.3) is 5.56 Å². The van der Waals surface area contributed by atoms with E-state index in [1.54, 1.807) is 17.8 Å². The van der Waals surface area contributed by atoms with E-state index in [1.807, 2.05) is 32.0 Å². The number of aliphatic carboxylic acids is 1. The van der Waals surface area contributed by atoms with E-state index in [4.69, 9.17) is 5.11 Å². The Kier molecular flexibility index (Phi) is 3.48. The van der Waals surface area contributed by atoms with Crippen molar-refractivity contribution in [2.24, 2.45) is 0 Å². The first-order valence-corrected chi connectivity index (χ1v) is 7.13. The quantitative estimate of drug-likeness (QED) is 0.793. The maximum absolute atomic E-state index is 12.6. The molecular formula is C16H16N4O3. The number of hydrogen-bond acceptors (Lipinski definition) is 4. The molecule has 7 nitrogen and oxygen atoms in total. The van der Waals surface area contributed by atoms with Gasteiger partial charge in [0.1, 0.15) is 12.1 Å². The minimum Gasteiger partial charge on any atom is -0.480 e. The van der Waals surface area contributed by atoms with E-state index in [0.717, 1.165) is 21.5 Å². The Morgan fingerprint density at radius 2 is 2.00 bits per heavy atom. The topological polar surface area (TPSA) is 90.0 Å². The second-order valence-corrected chi connectivity index (χ2v) is 5.55. The molecule has 0 bridgehead atoms. The highest BCUT2D eigenvalue weighted by molar-refractivity contribution is 5.81. The van der Waals surface area contributed by atoms with Crippen LogP contribution in [0.5, 0.6) is 0 Å². The molecule has 2 heterocycles. The SMILES string of the molecule is Cc1ccc(-n2ncc3c(C)nn(CC(=O)O)c(=O)c32)c(C)c1. The van der Waals surface area contributed by atoms with Crippen LogP contribution in [0.3, 0.4) is 0 Å². The average Bonchev–Trinajstić information content (AvgIpc) is 2.89. The van der Waals surface area contributed by atoms with Gasteiger partial charge in [-0.1, -0.05) is 17.7 Å². The summed E-state index contributed by atoms with van der Waals surface area (Å²) in [6, 6.07) is 5.85. The predicted molar refractivity (Wildman–Crippen MR) is 85.0 cm³/mol. The molecule has 3 rings (SSSR count). The van der Waals surface area contributed by atoms with Crippen LogP contribution in [-0.2, 0) is 11.3 Å². The van der Waals surface area contributed by atoms with Crippen LogP contribution in [0.2, 0.25) is 0 Å². The van der Waals surface area contributed by atoms with E-state index in [0.29, 0.717) is 16.6 Å². The summed E-state index contributed by atoms with van der Waals surface area (Å²) in [4.78, 5) is 23.6. The maximum Gasteiger partial charge on any atom is 0.325 e. The molecule has 0 atom stereocenters. The summed E-state index contributed by atoms with van der Waals surface area (Å²) in [5, 5.41) is 17.9. The molecule has 0 saturated carbocycles. The van der Waals surface area contributed by atoms with Crippen LogP contribution in [0, 0.1) is 20.8 Å². The highest BCUT2D eigenvalue weighted by Crippen LogP contribution is 2.20. The Labute approximate surface area is 131 Å². The summed E-state index contributed by atoms with van der Waals surface area (Å²) >= 11 is 0. The minimum atomic E-state index is -1.11. The fraction of sp³-hybridized carbons (Fsp3) is 0.250. The van der Waals surface area contributed by atoms with Crippen molar-refractivity contribution in [3.63, 3.8) is 0 Å². The monoisotopic (exact) mass is 312 g/mol. The van der Waals surface area contributed by atoms with Gasteiger partial charge in [-0.2, -0.15) is 10.2 Å². The van der Waals surface area contributed by atoms with Crippen molar-refractivity contribution >= 4 is 16.9 Å². The van der Waals surface area contributed by atoms with Crippen molar-refractivity contribution in [2.75, 3.05) is 0 Å². The third kappa shape index (κ3) is 2.50. The second-order valence-electron chi connectivity index (χ2n) is 5.55. The number of benzene rings is 1. The van der Waals surface area contributed by atoms with Crippen LogP contribution >= 0.6 is 0 Å². The molecular weight excluding hydrogens is 296 g/mol. The Bertz CT molecular complexity index is 985. The Morgan fingerprint density at radius 1 is 1.26 bits per heavy atom. The van der Waals surface area contributed by atoms with Crippen molar-refractivity contribution in [3.8, 4) is 5.69 Å². The average molecular weight is 312 g/mol. The number of hydrogen-bond donors (Lipinski definition) is 1. The van der Waals surface area contributed by atoms with Crippen molar-refractivity contribution in [2.45, 2.75) is 27.3 Å². The molecule has 0 aliphatic heterocycles. The first kappa shape index (κ1) is 15.0. The van der Waals surface area contributed by atoms with E-state index in [-0.39, 0.29) is 0 Å². The number of carboxylic acid groups (broad SMARTS) is 1. The Morgan fingerprint density at radius 3 is 2.65 bits per heavy atom. The molecule has 0 aliphatic rings. The number of nitrogens with zero attached hydrogens (tertiary/aromatic N) is 4. The summed E-state index contributed by atoms with van der Waals surface area (Å²) in [7, 11) is 0. The summed E-state index contributed by atoms with van der Waals surface area (Å²) in [6.45, 7) is 5.19. The van der Waals surface area contributed by atoms with E-state index in [9.17, 15) is 9.59 Å². The molecule has 0 fully saturated rings. The zero-order valence-electron chi connectivity index (χ0n) is 13.1. The lowest BCUT2D eigenvalue weighted by Gasteiger charge is -2.09. The number of carbonyl (C=O) groups is 1. The molecule has 0 spiro atoms. The van der Waals surface area contributed by atoms with Crippen molar-refractivity contribution in [3.05, 3.63) is 51.6 Å². The highest BCUT2D eigenvalue weighted by Gasteiger charge is 2.17. The van der Waals surface area contributed by atoms with Gasteiger partial charge in [-0.15, -0.1) is 0 Å². The lowest BCUT2D eigenvalue weighted by Crippen LogP contribution is -2.28. The summed E-state index contributed by atoms with van der Waals surface area (Å²) in [5.41, 5.74) is 3.32. The fourth-order valence-corrected chi connectivity index (χ4v) is 2.68.